The molecule has 19 heavy (non-hydrogen) atoms. The summed E-state index contributed by atoms with van der Waals surface area (Å²) in [4.78, 5) is 12.5. The Morgan fingerprint density at radius 3 is 2.37 bits per heavy atom. The van der Waals surface area contributed by atoms with Gasteiger partial charge in [0, 0.05) is 23.6 Å². The smallest absolute Gasteiger partial charge is 0.166 e. The Bertz CT molecular complexity index is 503. The molecule has 2 bridgehead atoms. The van der Waals surface area contributed by atoms with Gasteiger partial charge in [0.05, 0.1) is 11.6 Å². The number of carbonyl (C=O) groups excluding carboxylic acids is 1. The van der Waals surface area contributed by atoms with Crippen LogP contribution in [0.4, 0.5) is 0 Å². The van der Waals surface area contributed by atoms with Crippen LogP contribution in [0, 0.1) is 17.2 Å². The molecule has 2 aliphatic heterocycles. The molecule has 1 aromatic carbocycles. The summed E-state index contributed by atoms with van der Waals surface area (Å²) < 4.78 is 0. The van der Waals surface area contributed by atoms with E-state index >= 15 is 0 Å². The highest BCUT2D eigenvalue weighted by Crippen LogP contribution is 2.31. The van der Waals surface area contributed by atoms with E-state index in [4.69, 9.17) is 5.26 Å². The first-order chi connectivity index (χ1) is 9.26. The van der Waals surface area contributed by atoms with E-state index in [1.165, 1.54) is 19.3 Å². The van der Waals surface area contributed by atoms with E-state index in [2.05, 4.69) is 11.4 Å². The first kappa shape index (κ1) is 12.4. The first-order valence-corrected chi connectivity index (χ1v) is 7.06. The molecule has 0 aliphatic carbocycles. The molecular weight excluding hydrogens is 236 g/mol. The van der Waals surface area contributed by atoms with Crippen molar-refractivity contribution in [3.8, 4) is 6.07 Å². The number of fused-ring (bicyclic) bond motifs is 2. The molecule has 98 valence electrons. The highest BCUT2D eigenvalue weighted by molar-refractivity contribution is 5.98. The van der Waals surface area contributed by atoms with Crippen molar-refractivity contribution in [1.29, 1.82) is 5.26 Å². The Kier molecular flexibility index (Phi) is 3.35. The van der Waals surface area contributed by atoms with Crippen molar-refractivity contribution >= 4 is 5.78 Å². The lowest BCUT2D eigenvalue weighted by Gasteiger charge is -2.39. The molecule has 0 radical (unpaired) electrons. The summed E-state index contributed by atoms with van der Waals surface area (Å²) in [7, 11) is 0. The number of hydrogen-bond acceptors (Lipinski definition) is 3. The summed E-state index contributed by atoms with van der Waals surface area (Å²) in [5, 5.41) is 12.4. The number of Topliss-reactive ketones (excluding diaryl/α,β-unsaturated/α-hetero) is 1. The largest absolute Gasteiger partial charge is 0.311 e. The van der Waals surface area contributed by atoms with Crippen LogP contribution in [-0.2, 0) is 0 Å². The summed E-state index contributed by atoms with van der Waals surface area (Å²) in [6.45, 7) is 0. The molecular formula is C16H18N2O. The Hall–Kier alpha value is -1.66. The predicted octanol–water partition coefficient (Wildman–Crippen LogP) is 2.66. The topological polar surface area (TPSA) is 52.9 Å². The lowest BCUT2D eigenvalue weighted by atomic mass is 9.77. The summed E-state index contributed by atoms with van der Waals surface area (Å²) >= 11 is 0. The number of benzene rings is 1. The molecule has 1 N–H and O–H groups in total. The lowest BCUT2D eigenvalue weighted by Crippen LogP contribution is -2.50. The monoisotopic (exact) mass is 254 g/mol. The van der Waals surface area contributed by atoms with Gasteiger partial charge in [0.15, 0.2) is 5.78 Å². The lowest BCUT2D eigenvalue weighted by molar-refractivity contribution is 0.0825. The molecule has 3 nitrogen and oxygen atoms in total. The van der Waals surface area contributed by atoms with Gasteiger partial charge in [-0.25, -0.2) is 0 Å². The van der Waals surface area contributed by atoms with Crippen LogP contribution in [0.3, 0.4) is 0 Å². The maximum Gasteiger partial charge on any atom is 0.166 e. The molecule has 2 aliphatic rings. The molecule has 0 spiro atoms. The van der Waals surface area contributed by atoms with Gasteiger partial charge in [-0.2, -0.15) is 5.26 Å². The zero-order valence-corrected chi connectivity index (χ0v) is 10.9. The van der Waals surface area contributed by atoms with Gasteiger partial charge >= 0.3 is 0 Å². The van der Waals surface area contributed by atoms with Crippen LogP contribution in [0.15, 0.2) is 24.3 Å². The van der Waals surface area contributed by atoms with Crippen molar-refractivity contribution in [3.05, 3.63) is 35.4 Å². The molecule has 1 aromatic rings. The summed E-state index contributed by atoms with van der Waals surface area (Å²) in [6, 6.07) is 10.2. The second kappa shape index (κ2) is 5.14. The van der Waals surface area contributed by atoms with Crippen LogP contribution < -0.4 is 5.32 Å². The molecule has 2 saturated heterocycles. The van der Waals surface area contributed by atoms with Crippen LogP contribution in [0.2, 0.25) is 0 Å². The summed E-state index contributed by atoms with van der Waals surface area (Å²) in [6.07, 6.45) is 5.63. The van der Waals surface area contributed by atoms with Crippen molar-refractivity contribution in [2.24, 2.45) is 5.92 Å². The van der Waals surface area contributed by atoms with E-state index in [0.29, 0.717) is 17.6 Å². The number of ketones is 1. The Morgan fingerprint density at radius 2 is 1.79 bits per heavy atom. The van der Waals surface area contributed by atoms with Crippen molar-refractivity contribution in [1.82, 2.24) is 5.32 Å². The standard InChI is InChI=1S/C16H18N2O/c17-10-11-4-6-12(7-5-11)16(19)13-8-14-2-1-3-15(9-13)18-14/h4-7,13-15,18H,1-3,8-9H2. The quantitative estimate of drug-likeness (QED) is 0.825. The van der Waals surface area contributed by atoms with Crippen molar-refractivity contribution < 1.29 is 4.79 Å². The zero-order chi connectivity index (χ0) is 13.2. The molecule has 2 unspecified atom stereocenters. The Morgan fingerprint density at radius 1 is 1.16 bits per heavy atom. The number of carbonyl (C=O) groups is 1. The van der Waals surface area contributed by atoms with Gasteiger partial charge in [0.1, 0.15) is 0 Å². The van der Waals surface area contributed by atoms with Crippen molar-refractivity contribution in [2.45, 2.75) is 44.2 Å². The Labute approximate surface area is 113 Å². The number of rotatable bonds is 2. The van der Waals surface area contributed by atoms with Crippen molar-refractivity contribution in [2.75, 3.05) is 0 Å². The second-order valence-electron chi connectivity index (χ2n) is 5.71. The third-order valence-corrected chi connectivity index (χ3v) is 4.38. The highest BCUT2D eigenvalue weighted by atomic mass is 16.1. The van der Waals surface area contributed by atoms with Crippen LogP contribution >= 0.6 is 0 Å². The third-order valence-electron chi connectivity index (χ3n) is 4.38. The second-order valence-corrected chi connectivity index (χ2v) is 5.71. The van der Waals surface area contributed by atoms with E-state index in [0.717, 1.165) is 18.4 Å². The minimum Gasteiger partial charge on any atom is -0.311 e. The average molecular weight is 254 g/mol. The molecule has 3 rings (SSSR count). The summed E-state index contributed by atoms with van der Waals surface area (Å²) in [5.74, 6) is 0.410. The zero-order valence-electron chi connectivity index (χ0n) is 10.9. The fourth-order valence-corrected chi connectivity index (χ4v) is 3.42. The molecule has 0 saturated carbocycles. The van der Waals surface area contributed by atoms with E-state index in [1.54, 1.807) is 24.3 Å². The van der Waals surface area contributed by atoms with Gasteiger partial charge in [-0.05, 0) is 37.8 Å². The average Bonchev–Trinajstić information content (AvgIpc) is 2.46. The fraction of sp³-hybridized carbons (Fsp3) is 0.500. The molecule has 2 heterocycles. The minimum atomic E-state index is 0.157. The molecule has 2 fully saturated rings. The Balaban J connectivity index is 1.74. The van der Waals surface area contributed by atoms with E-state index in [9.17, 15) is 4.79 Å². The van der Waals surface area contributed by atoms with Crippen LogP contribution in [0.5, 0.6) is 0 Å². The summed E-state index contributed by atoms with van der Waals surface area (Å²) in [5.41, 5.74) is 1.36. The van der Waals surface area contributed by atoms with Gasteiger partial charge in [0.2, 0.25) is 0 Å². The molecule has 0 aromatic heterocycles. The van der Waals surface area contributed by atoms with Crippen molar-refractivity contribution in [3.63, 3.8) is 0 Å². The fourth-order valence-electron chi connectivity index (χ4n) is 3.42. The SMILES string of the molecule is N#Cc1ccc(C(=O)C2CC3CCCC(C2)N3)cc1. The van der Waals surface area contributed by atoms with Crippen LogP contribution in [-0.4, -0.2) is 17.9 Å². The number of nitriles is 1. The number of nitrogens with one attached hydrogen (secondary N) is 1. The molecule has 2 atom stereocenters. The minimum absolute atomic E-state index is 0.157. The molecule has 0 amide bonds. The van der Waals surface area contributed by atoms with Gasteiger partial charge in [-0.3, -0.25) is 4.79 Å². The van der Waals surface area contributed by atoms with E-state index in [1.807, 2.05) is 0 Å². The number of nitrogens with zero attached hydrogens (tertiary/aromatic N) is 1. The number of hydrogen-bond donors (Lipinski definition) is 1. The van der Waals surface area contributed by atoms with Gasteiger partial charge in [-0.1, -0.05) is 18.6 Å². The van der Waals surface area contributed by atoms with Crippen LogP contribution in [0.25, 0.3) is 0 Å². The van der Waals surface area contributed by atoms with E-state index < -0.39 is 0 Å². The predicted molar refractivity (Wildman–Crippen MR) is 72.8 cm³/mol. The van der Waals surface area contributed by atoms with Gasteiger partial charge in [0.25, 0.3) is 0 Å². The highest BCUT2D eigenvalue weighted by Gasteiger charge is 2.34. The normalized spacial score (nSPS) is 29.5. The van der Waals surface area contributed by atoms with Gasteiger partial charge < -0.3 is 5.32 Å². The maximum absolute atomic E-state index is 12.5. The maximum atomic E-state index is 12.5. The third kappa shape index (κ3) is 2.54. The van der Waals surface area contributed by atoms with Gasteiger partial charge in [-0.15, -0.1) is 0 Å². The van der Waals surface area contributed by atoms with Crippen LogP contribution in [0.1, 0.15) is 48.0 Å². The molecule has 3 heteroatoms. The number of piperidine rings is 2. The van der Waals surface area contributed by atoms with E-state index in [-0.39, 0.29) is 11.7 Å². The first-order valence-electron chi connectivity index (χ1n) is 7.06.